The number of guanidine groups is 1. The topological polar surface area (TPSA) is 71.0 Å². The van der Waals surface area contributed by atoms with Crippen molar-refractivity contribution in [2.45, 2.75) is 57.6 Å². The maximum Gasteiger partial charge on any atom is 0.191 e. The van der Waals surface area contributed by atoms with Crippen molar-refractivity contribution < 1.29 is 9.47 Å². The number of nitrogens with one attached hydrogen (secondary N) is 2. The van der Waals surface area contributed by atoms with E-state index < -0.39 is 0 Å². The molecule has 7 nitrogen and oxygen atoms in total. The van der Waals surface area contributed by atoms with E-state index in [-0.39, 0.29) is 24.0 Å². The lowest BCUT2D eigenvalue weighted by molar-refractivity contribution is 0.0168. The Hall–Kier alpha value is -1.13. The zero-order valence-corrected chi connectivity index (χ0v) is 20.6. The quantitative estimate of drug-likeness (QED) is 0.221. The second-order valence-electron chi connectivity index (χ2n) is 7.84. The van der Waals surface area contributed by atoms with E-state index in [2.05, 4.69) is 37.6 Å². The van der Waals surface area contributed by atoms with Crippen molar-refractivity contribution in [2.24, 2.45) is 4.99 Å². The number of hydrogen-bond donors (Lipinski definition) is 2. The van der Waals surface area contributed by atoms with Crippen molar-refractivity contribution in [3.8, 4) is 0 Å². The third-order valence-electron chi connectivity index (χ3n) is 5.51. The molecule has 0 amide bonds. The summed E-state index contributed by atoms with van der Waals surface area (Å²) in [6.07, 6.45) is 10.7. The van der Waals surface area contributed by atoms with E-state index in [4.69, 9.17) is 9.47 Å². The minimum absolute atomic E-state index is 0. The Morgan fingerprint density at radius 2 is 2.03 bits per heavy atom. The van der Waals surface area contributed by atoms with Crippen LogP contribution in [-0.2, 0) is 16.0 Å². The molecule has 2 fully saturated rings. The second-order valence-corrected chi connectivity index (χ2v) is 7.84. The summed E-state index contributed by atoms with van der Waals surface area (Å²) in [6.45, 7) is 6.13. The Morgan fingerprint density at radius 3 is 2.70 bits per heavy atom. The molecule has 30 heavy (non-hydrogen) atoms. The molecule has 0 radical (unpaired) electrons. The van der Waals surface area contributed by atoms with Crippen LogP contribution in [0.1, 0.15) is 50.5 Å². The monoisotopic (exact) mass is 531 g/mol. The summed E-state index contributed by atoms with van der Waals surface area (Å²) in [5.74, 6) is 1.90. The van der Waals surface area contributed by atoms with E-state index in [0.29, 0.717) is 19.3 Å². The fourth-order valence-corrected chi connectivity index (χ4v) is 3.79. The fraction of sp³-hybridized carbons (Fsp3) is 0.727. The van der Waals surface area contributed by atoms with Crippen molar-refractivity contribution in [1.82, 2.24) is 15.6 Å². The molecule has 1 atom stereocenters. The first kappa shape index (κ1) is 25.1. The van der Waals surface area contributed by atoms with Gasteiger partial charge in [0, 0.05) is 52.6 Å². The molecule has 3 rings (SSSR count). The molecule has 2 aliphatic rings. The highest BCUT2D eigenvalue weighted by molar-refractivity contribution is 14.0. The minimum Gasteiger partial charge on any atom is -0.379 e. The van der Waals surface area contributed by atoms with Crippen LogP contribution in [-0.4, -0.2) is 63.6 Å². The average molecular weight is 531 g/mol. The van der Waals surface area contributed by atoms with Crippen LogP contribution in [0.25, 0.3) is 0 Å². The number of pyridine rings is 1. The van der Waals surface area contributed by atoms with Crippen molar-refractivity contribution in [1.29, 1.82) is 0 Å². The number of ether oxygens (including phenoxy) is 2. The molecule has 8 heteroatoms. The number of anilines is 1. The molecule has 1 aromatic rings. The number of nitrogens with zero attached hydrogens (tertiary/aromatic N) is 3. The third-order valence-corrected chi connectivity index (χ3v) is 5.51. The predicted octanol–water partition coefficient (Wildman–Crippen LogP) is 3.33. The van der Waals surface area contributed by atoms with E-state index in [1.54, 1.807) is 7.05 Å². The van der Waals surface area contributed by atoms with Gasteiger partial charge in [-0.3, -0.25) is 4.99 Å². The summed E-state index contributed by atoms with van der Waals surface area (Å²) >= 11 is 0. The van der Waals surface area contributed by atoms with E-state index in [0.717, 1.165) is 69.5 Å². The Kier molecular flexibility index (Phi) is 12.4. The van der Waals surface area contributed by atoms with Crippen LogP contribution in [0.5, 0.6) is 0 Å². The number of halogens is 1. The van der Waals surface area contributed by atoms with Crippen LogP contribution < -0.4 is 15.5 Å². The lowest BCUT2D eigenvalue weighted by Crippen LogP contribution is -2.37. The summed E-state index contributed by atoms with van der Waals surface area (Å²) in [5, 5.41) is 6.69. The van der Waals surface area contributed by atoms with Crippen molar-refractivity contribution in [2.75, 3.05) is 51.4 Å². The van der Waals surface area contributed by atoms with Gasteiger partial charge in [-0.2, -0.15) is 0 Å². The maximum atomic E-state index is 5.69. The van der Waals surface area contributed by atoms with Gasteiger partial charge in [0.05, 0.1) is 12.7 Å². The summed E-state index contributed by atoms with van der Waals surface area (Å²) in [5.41, 5.74) is 1.16. The van der Waals surface area contributed by atoms with E-state index in [9.17, 15) is 0 Å². The summed E-state index contributed by atoms with van der Waals surface area (Å²) in [4.78, 5) is 11.4. The predicted molar refractivity (Wildman–Crippen MR) is 133 cm³/mol. The lowest BCUT2D eigenvalue weighted by atomic mass is 10.2. The highest BCUT2D eigenvalue weighted by Gasteiger charge is 2.15. The Labute approximate surface area is 198 Å². The summed E-state index contributed by atoms with van der Waals surface area (Å²) in [6, 6.07) is 4.30. The molecule has 2 saturated heterocycles. The molecule has 0 spiro atoms. The maximum absolute atomic E-state index is 5.69. The highest BCUT2D eigenvalue weighted by atomic mass is 127. The molecular formula is C22H38IN5O2. The smallest absolute Gasteiger partial charge is 0.191 e. The molecule has 0 bridgehead atoms. The Balaban J connectivity index is 0.00000320. The largest absolute Gasteiger partial charge is 0.379 e. The molecule has 1 unspecified atom stereocenters. The Bertz CT molecular complexity index is 600. The molecule has 1 aromatic heterocycles. The molecule has 3 heterocycles. The molecule has 2 N–H and O–H groups in total. The van der Waals surface area contributed by atoms with E-state index >= 15 is 0 Å². The average Bonchev–Trinajstić information content (AvgIpc) is 3.13. The first-order valence-corrected chi connectivity index (χ1v) is 11.2. The molecule has 170 valence electrons. The van der Waals surface area contributed by atoms with Crippen LogP contribution in [0, 0.1) is 0 Å². The third kappa shape index (κ3) is 8.93. The molecule has 0 aliphatic carbocycles. The highest BCUT2D eigenvalue weighted by Crippen LogP contribution is 2.17. The van der Waals surface area contributed by atoms with Gasteiger partial charge in [0.15, 0.2) is 5.96 Å². The van der Waals surface area contributed by atoms with Gasteiger partial charge in [0.25, 0.3) is 0 Å². The fourth-order valence-electron chi connectivity index (χ4n) is 3.79. The first-order chi connectivity index (χ1) is 14.3. The first-order valence-electron chi connectivity index (χ1n) is 11.2. The normalized spacial score (nSPS) is 19.8. The van der Waals surface area contributed by atoms with Gasteiger partial charge < -0.3 is 25.0 Å². The summed E-state index contributed by atoms with van der Waals surface area (Å²) in [7, 11) is 1.80. The van der Waals surface area contributed by atoms with E-state index in [1.807, 2.05) is 6.20 Å². The van der Waals surface area contributed by atoms with Crippen LogP contribution in [0.2, 0.25) is 0 Å². The van der Waals surface area contributed by atoms with Crippen molar-refractivity contribution >= 4 is 35.8 Å². The lowest BCUT2D eigenvalue weighted by Gasteiger charge is -2.21. The van der Waals surface area contributed by atoms with Gasteiger partial charge in [-0.25, -0.2) is 4.98 Å². The minimum atomic E-state index is 0. The van der Waals surface area contributed by atoms with Crippen LogP contribution in [0.3, 0.4) is 0 Å². The van der Waals surface area contributed by atoms with Gasteiger partial charge in [-0.15, -0.1) is 24.0 Å². The number of rotatable bonds is 9. The van der Waals surface area contributed by atoms with Crippen molar-refractivity contribution in [3.05, 3.63) is 23.9 Å². The van der Waals surface area contributed by atoms with Gasteiger partial charge in [-0.1, -0.05) is 18.9 Å². The molecule has 2 aliphatic heterocycles. The van der Waals surface area contributed by atoms with Crippen molar-refractivity contribution in [3.63, 3.8) is 0 Å². The van der Waals surface area contributed by atoms with Gasteiger partial charge in [-0.05, 0) is 43.7 Å². The van der Waals surface area contributed by atoms with Gasteiger partial charge >= 0.3 is 0 Å². The van der Waals surface area contributed by atoms with Gasteiger partial charge in [0.2, 0.25) is 0 Å². The van der Waals surface area contributed by atoms with Crippen LogP contribution >= 0.6 is 24.0 Å². The molecule has 0 aromatic carbocycles. The number of aromatic nitrogens is 1. The SMILES string of the molecule is CN=C(NCCCOCC1CCCO1)NCc1ccc(N2CCCCCC2)nc1.I. The Morgan fingerprint density at radius 1 is 1.20 bits per heavy atom. The van der Waals surface area contributed by atoms with Crippen LogP contribution in [0.15, 0.2) is 23.3 Å². The second kappa shape index (κ2) is 14.8. The zero-order valence-electron chi connectivity index (χ0n) is 18.3. The van der Waals surface area contributed by atoms with Crippen LogP contribution in [0.4, 0.5) is 5.82 Å². The molecular weight excluding hydrogens is 493 g/mol. The van der Waals surface area contributed by atoms with Gasteiger partial charge in [0.1, 0.15) is 5.82 Å². The summed E-state index contributed by atoms with van der Waals surface area (Å²) < 4.78 is 11.3. The number of aliphatic imine (C=N–C) groups is 1. The van der Waals surface area contributed by atoms with E-state index in [1.165, 1.54) is 25.7 Å². The standard InChI is InChI=1S/C22H37N5O2.HI/c1-23-22(24-11-7-14-28-18-20-8-6-15-29-20)26-17-19-9-10-21(25-16-19)27-12-4-2-3-5-13-27;/h9-10,16,20H,2-8,11-15,17-18H2,1H3,(H2,23,24,26);1H. The number of hydrogen-bond acceptors (Lipinski definition) is 5. The zero-order chi connectivity index (χ0) is 20.2. The molecule has 0 saturated carbocycles.